The third-order valence-corrected chi connectivity index (χ3v) is 3.61. The molecule has 0 radical (unpaired) electrons. The van der Waals surface area contributed by atoms with E-state index in [0.29, 0.717) is 0 Å². The predicted octanol–water partition coefficient (Wildman–Crippen LogP) is 2.92. The Hall–Kier alpha value is -3.28. The van der Waals surface area contributed by atoms with Gasteiger partial charge in [-0.2, -0.15) is 0 Å². The van der Waals surface area contributed by atoms with E-state index in [1.165, 1.54) is 24.3 Å². The van der Waals surface area contributed by atoms with Crippen LogP contribution in [0.1, 0.15) is 40.0 Å². The molecule has 0 bridgehead atoms. The van der Waals surface area contributed by atoms with E-state index in [0.717, 1.165) is 0 Å². The van der Waals surface area contributed by atoms with Gasteiger partial charge in [-0.05, 0) is 6.42 Å². The molecule has 2 aromatic carbocycles. The molecule has 0 heterocycles. The maximum atomic E-state index is 12.7. The Balaban J connectivity index is 2.18. The van der Waals surface area contributed by atoms with Gasteiger partial charge in [-0.3, -0.25) is 19.2 Å². The van der Waals surface area contributed by atoms with E-state index in [-0.39, 0.29) is 30.4 Å². The largest absolute Gasteiger partial charge is 0.481 e. The summed E-state index contributed by atoms with van der Waals surface area (Å²) in [4.78, 5) is 47.9. The number of carbonyl (C=O) groups excluding carboxylic acids is 3. The number of ketones is 2. The molecule has 0 aromatic heterocycles. The summed E-state index contributed by atoms with van der Waals surface area (Å²) in [6, 6.07) is 16.2. The van der Waals surface area contributed by atoms with Crippen molar-refractivity contribution in [1.82, 2.24) is 0 Å². The number of ether oxygens (including phenoxy) is 1. The van der Waals surface area contributed by atoms with Crippen LogP contribution < -0.4 is 0 Å². The molecule has 0 aliphatic carbocycles. The summed E-state index contributed by atoms with van der Waals surface area (Å²) in [5.41, 5.74) is 0.500. The molecule has 0 atom stereocenters. The molecule has 1 N–H and O–H groups in total. The summed E-state index contributed by atoms with van der Waals surface area (Å²) in [6.07, 6.45) is -1.91. The molecular formula is C20H18O6. The molecule has 134 valence electrons. The molecule has 0 saturated heterocycles. The quantitative estimate of drug-likeness (QED) is 0.422. The topological polar surface area (TPSA) is 97.7 Å². The lowest BCUT2D eigenvalue weighted by Gasteiger charge is -2.16. The fourth-order valence-electron chi connectivity index (χ4n) is 2.31. The van der Waals surface area contributed by atoms with Gasteiger partial charge in [0.15, 0.2) is 0 Å². The average Bonchev–Trinajstić information content (AvgIpc) is 2.66. The maximum absolute atomic E-state index is 12.7. The number of hydrogen-bond acceptors (Lipinski definition) is 5. The van der Waals surface area contributed by atoms with Crippen LogP contribution in [-0.4, -0.2) is 34.7 Å². The minimum absolute atomic E-state index is 0.0694. The van der Waals surface area contributed by atoms with Crippen molar-refractivity contribution in [2.24, 2.45) is 0 Å². The predicted molar refractivity (Wildman–Crippen MR) is 92.9 cm³/mol. The summed E-state index contributed by atoms with van der Waals surface area (Å²) in [5, 5.41) is 8.62. The van der Waals surface area contributed by atoms with Gasteiger partial charge in [-0.1, -0.05) is 60.7 Å². The number of aliphatic carboxylic acids is 1. The molecule has 0 aliphatic heterocycles. The normalized spacial score (nSPS) is 10.3. The SMILES string of the molecule is O=C(O)CCCC(=O)OC(C(=O)c1ccccc1)C(=O)c1ccccc1. The molecule has 6 heteroatoms. The Bertz CT molecular complexity index is 731. The van der Waals surface area contributed by atoms with Crippen LogP contribution in [0.2, 0.25) is 0 Å². The van der Waals surface area contributed by atoms with E-state index in [2.05, 4.69) is 0 Å². The second-order valence-electron chi connectivity index (χ2n) is 5.58. The zero-order valence-electron chi connectivity index (χ0n) is 14.0. The third kappa shape index (κ3) is 5.37. The van der Waals surface area contributed by atoms with Crippen LogP contribution in [0.25, 0.3) is 0 Å². The number of Topliss-reactive ketones (excluding diaryl/α,β-unsaturated/α-hetero) is 2. The van der Waals surface area contributed by atoms with Crippen molar-refractivity contribution in [3.05, 3.63) is 71.8 Å². The minimum Gasteiger partial charge on any atom is -0.481 e. The number of rotatable bonds is 9. The highest BCUT2D eigenvalue weighted by Gasteiger charge is 2.32. The highest BCUT2D eigenvalue weighted by atomic mass is 16.5. The summed E-state index contributed by atoms with van der Waals surface area (Å²) < 4.78 is 5.13. The lowest BCUT2D eigenvalue weighted by Crippen LogP contribution is -2.35. The van der Waals surface area contributed by atoms with Gasteiger partial charge in [0.05, 0.1) is 0 Å². The molecule has 0 aliphatic rings. The van der Waals surface area contributed by atoms with E-state index in [1.807, 2.05) is 0 Å². The van der Waals surface area contributed by atoms with Gasteiger partial charge in [0.25, 0.3) is 0 Å². The molecular weight excluding hydrogens is 336 g/mol. The summed E-state index contributed by atoms with van der Waals surface area (Å²) in [7, 11) is 0. The first-order valence-corrected chi connectivity index (χ1v) is 8.09. The molecule has 0 fully saturated rings. The molecule has 0 unspecified atom stereocenters. The average molecular weight is 354 g/mol. The standard InChI is InChI=1S/C20H18O6/c21-16(22)12-7-13-17(23)26-20(18(24)14-8-3-1-4-9-14)19(25)15-10-5-2-6-11-15/h1-6,8-11,20H,7,12-13H2,(H,21,22). The highest BCUT2D eigenvalue weighted by Crippen LogP contribution is 2.14. The van der Waals surface area contributed by atoms with Crippen molar-refractivity contribution in [2.75, 3.05) is 0 Å². The highest BCUT2D eigenvalue weighted by molar-refractivity contribution is 6.19. The first-order chi connectivity index (χ1) is 12.5. The second kappa shape index (κ2) is 9.27. The number of carboxylic acid groups (broad SMARTS) is 1. The maximum Gasteiger partial charge on any atom is 0.306 e. The number of hydrogen-bond donors (Lipinski definition) is 1. The second-order valence-corrected chi connectivity index (χ2v) is 5.58. The molecule has 2 aromatic rings. The zero-order valence-corrected chi connectivity index (χ0v) is 14.0. The van der Waals surface area contributed by atoms with Crippen LogP contribution >= 0.6 is 0 Å². The molecule has 2 rings (SSSR count). The van der Waals surface area contributed by atoms with Crippen LogP contribution in [0.3, 0.4) is 0 Å². The van der Waals surface area contributed by atoms with Crippen molar-refractivity contribution in [3.63, 3.8) is 0 Å². The van der Waals surface area contributed by atoms with Crippen LogP contribution in [-0.2, 0) is 14.3 Å². The van der Waals surface area contributed by atoms with Crippen LogP contribution in [0.5, 0.6) is 0 Å². The van der Waals surface area contributed by atoms with Crippen molar-refractivity contribution >= 4 is 23.5 Å². The number of esters is 1. The van der Waals surface area contributed by atoms with Crippen molar-refractivity contribution in [2.45, 2.75) is 25.4 Å². The lowest BCUT2D eigenvalue weighted by atomic mass is 9.98. The van der Waals surface area contributed by atoms with E-state index < -0.39 is 29.6 Å². The minimum atomic E-state index is -1.60. The Labute approximate surface area is 150 Å². The molecule has 6 nitrogen and oxygen atoms in total. The van der Waals surface area contributed by atoms with Crippen molar-refractivity contribution < 1.29 is 29.0 Å². The van der Waals surface area contributed by atoms with Gasteiger partial charge >= 0.3 is 11.9 Å². The zero-order chi connectivity index (χ0) is 18.9. The number of carbonyl (C=O) groups is 4. The molecule has 26 heavy (non-hydrogen) atoms. The molecule has 0 spiro atoms. The van der Waals surface area contributed by atoms with Crippen LogP contribution in [0, 0.1) is 0 Å². The first kappa shape index (κ1) is 19.1. The van der Waals surface area contributed by atoms with E-state index >= 15 is 0 Å². The molecule has 0 amide bonds. The fourth-order valence-corrected chi connectivity index (χ4v) is 2.31. The van der Waals surface area contributed by atoms with Gasteiger partial charge < -0.3 is 9.84 Å². The third-order valence-electron chi connectivity index (χ3n) is 3.61. The van der Waals surface area contributed by atoms with Crippen molar-refractivity contribution in [1.29, 1.82) is 0 Å². The summed E-state index contributed by atoms with van der Waals surface area (Å²) in [6.45, 7) is 0. The Morgan fingerprint density at radius 2 is 1.23 bits per heavy atom. The van der Waals surface area contributed by atoms with E-state index in [4.69, 9.17) is 9.84 Å². The van der Waals surface area contributed by atoms with Gasteiger partial charge in [0, 0.05) is 24.0 Å². The van der Waals surface area contributed by atoms with Crippen molar-refractivity contribution in [3.8, 4) is 0 Å². The Morgan fingerprint density at radius 3 is 1.65 bits per heavy atom. The summed E-state index contributed by atoms with van der Waals surface area (Å²) in [5.74, 6) is -3.06. The number of carboxylic acids is 1. The number of benzene rings is 2. The van der Waals surface area contributed by atoms with E-state index in [9.17, 15) is 19.2 Å². The smallest absolute Gasteiger partial charge is 0.306 e. The summed E-state index contributed by atoms with van der Waals surface area (Å²) >= 11 is 0. The van der Waals surface area contributed by atoms with Gasteiger partial charge in [-0.15, -0.1) is 0 Å². The monoisotopic (exact) mass is 354 g/mol. The van der Waals surface area contributed by atoms with Crippen LogP contribution in [0.15, 0.2) is 60.7 Å². The van der Waals surface area contributed by atoms with Gasteiger partial charge in [0.1, 0.15) is 0 Å². The Kier molecular flexibility index (Phi) is 6.79. The fraction of sp³-hybridized carbons (Fsp3) is 0.200. The molecule has 0 saturated carbocycles. The van der Waals surface area contributed by atoms with Crippen LogP contribution in [0.4, 0.5) is 0 Å². The van der Waals surface area contributed by atoms with Gasteiger partial charge in [-0.25, -0.2) is 0 Å². The lowest BCUT2D eigenvalue weighted by molar-refractivity contribution is -0.145. The van der Waals surface area contributed by atoms with E-state index in [1.54, 1.807) is 36.4 Å². The van der Waals surface area contributed by atoms with Gasteiger partial charge in [0.2, 0.25) is 17.7 Å². The Morgan fingerprint density at radius 1 is 0.769 bits per heavy atom. The first-order valence-electron chi connectivity index (χ1n) is 8.09.